The second-order valence-electron chi connectivity index (χ2n) is 29.0. The third kappa shape index (κ3) is 15.0. The van der Waals surface area contributed by atoms with E-state index in [2.05, 4.69) is 0 Å². The quantitative estimate of drug-likeness (QED) is 0.0498. The molecule has 29 N–H and O–H groups in total. The summed E-state index contributed by atoms with van der Waals surface area (Å²) in [6.07, 6.45) is -28.7. The van der Waals surface area contributed by atoms with Crippen molar-refractivity contribution in [3.63, 3.8) is 0 Å². The molecule has 10 aromatic carbocycles. The van der Waals surface area contributed by atoms with E-state index in [1.165, 1.54) is 0 Å². The zero-order valence-corrected chi connectivity index (χ0v) is 65.6. The zero-order valence-electron chi connectivity index (χ0n) is 65.6. The van der Waals surface area contributed by atoms with Crippen LogP contribution in [-0.4, -0.2) is 282 Å². The number of phenolic OH excluding ortho intramolecular Hbond substituents is 29. The first kappa shape index (κ1) is 89.6. The van der Waals surface area contributed by atoms with E-state index in [0.29, 0.717) is 42.5 Å². The van der Waals surface area contributed by atoms with Crippen molar-refractivity contribution in [2.24, 2.45) is 0 Å². The fourth-order valence-corrected chi connectivity index (χ4v) is 14.5. The predicted octanol–water partition coefficient (Wildman–Crippen LogP) is 3.71. The minimum absolute atomic E-state index is 0.0556. The van der Waals surface area contributed by atoms with E-state index in [1.807, 2.05) is 0 Å². The smallest absolute Gasteiger partial charge is 0.342 e. The molecular formula is C82H56O52. The first-order valence-corrected chi connectivity index (χ1v) is 37.1. The summed E-state index contributed by atoms with van der Waals surface area (Å²) in [6, 6.07) is 3.96. The van der Waals surface area contributed by atoms with Gasteiger partial charge in [0.05, 0.1) is 50.1 Å². The summed E-state index contributed by atoms with van der Waals surface area (Å²) in [6.45, 7) is -3.16. The van der Waals surface area contributed by atoms with Crippen molar-refractivity contribution < 1.29 is 258 Å². The lowest BCUT2D eigenvalue weighted by Gasteiger charge is -2.44. The Kier molecular flexibility index (Phi) is 22.0. The van der Waals surface area contributed by atoms with Gasteiger partial charge in [0.25, 0.3) is 0 Å². The van der Waals surface area contributed by atoms with Gasteiger partial charge in [-0.25, -0.2) is 47.9 Å². The van der Waals surface area contributed by atoms with E-state index in [9.17, 15) is 167 Å². The van der Waals surface area contributed by atoms with Crippen molar-refractivity contribution >= 4 is 59.7 Å². The van der Waals surface area contributed by atoms with Crippen LogP contribution in [0.15, 0.2) is 78.9 Å². The van der Waals surface area contributed by atoms with Crippen LogP contribution in [0, 0.1) is 0 Å². The fraction of sp³-hybridized carbons (Fsp3) is 0.146. The molecule has 10 atom stereocenters. The van der Waals surface area contributed by atoms with E-state index >= 15 is 28.8 Å². The summed E-state index contributed by atoms with van der Waals surface area (Å²) < 4.78 is 74.6. The first-order chi connectivity index (χ1) is 63.1. The van der Waals surface area contributed by atoms with E-state index in [-0.39, 0.29) is 36.4 Å². The molecule has 0 bridgehead atoms. The number of ether oxygens (including phenoxy) is 13. The molecule has 134 heavy (non-hydrogen) atoms. The molecule has 0 aromatic heterocycles. The first-order valence-electron chi connectivity index (χ1n) is 37.1. The summed E-state index contributed by atoms with van der Waals surface area (Å²) >= 11 is 0. The second-order valence-corrected chi connectivity index (χ2v) is 29.0. The van der Waals surface area contributed by atoms with Gasteiger partial charge in [-0.1, -0.05) is 0 Å². The number of rotatable bonds is 11. The highest BCUT2D eigenvalue weighted by atomic mass is 16.8. The molecule has 5 heterocycles. The Morgan fingerprint density at radius 1 is 0.276 bits per heavy atom. The van der Waals surface area contributed by atoms with Crippen molar-refractivity contribution in [2.75, 3.05) is 13.2 Å². The number of hydrogen-bond donors (Lipinski definition) is 29. The van der Waals surface area contributed by atoms with Gasteiger partial charge in [0.1, 0.15) is 31.0 Å². The Morgan fingerprint density at radius 2 is 0.567 bits per heavy atom. The summed E-state index contributed by atoms with van der Waals surface area (Å²) in [7, 11) is 0. The highest BCUT2D eigenvalue weighted by Gasteiger charge is 2.59. The highest BCUT2D eigenvalue weighted by Crippen LogP contribution is 2.60. The summed E-state index contributed by atoms with van der Waals surface area (Å²) in [5.74, 6) is -67.9. The molecule has 0 aliphatic carbocycles. The Morgan fingerprint density at radius 3 is 0.948 bits per heavy atom. The zero-order chi connectivity index (χ0) is 97.5. The molecule has 0 spiro atoms. The Balaban J connectivity index is 0.888. The molecule has 5 aliphatic rings. The van der Waals surface area contributed by atoms with Gasteiger partial charge in [-0.2, -0.15) is 0 Å². The maximum atomic E-state index is 15.8. The third-order valence-electron chi connectivity index (χ3n) is 21.0. The van der Waals surface area contributed by atoms with E-state index in [4.69, 9.17) is 61.6 Å². The molecule has 10 aromatic rings. The lowest BCUT2D eigenvalue weighted by molar-refractivity contribution is -0.283. The number of benzene rings is 10. The van der Waals surface area contributed by atoms with Gasteiger partial charge in [-0.05, 0) is 66.7 Å². The second kappa shape index (κ2) is 32.9. The molecule has 52 nitrogen and oxygen atoms in total. The van der Waals surface area contributed by atoms with Crippen LogP contribution in [0.2, 0.25) is 0 Å². The van der Waals surface area contributed by atoms with Crippen molar-refractivity contribution in [1.82, 2.24) is 0 Å². The topological polar surface area (TPSA) is 877 Å². The number of aromatic hydroxyl groups is 29. The molecule has 15 rings (SSSR count). The van der Waals surface area contributed by atoms with Gasteiger partial charge in [0.15, 0.2) is 157 Å². The molecule has 52 heteroatoms. The normalized spacial score (nSPS) is 19.5. The standard InChI is InChI=1S/C82H56O52/c83-26-1-16(2-27(84)47(26)95)71(112)122-14-39-66(68-69(81(125-39)133-72(113)17-3-28(85)48(96)29(86)4-17)131-78(119)23-11-36(93)53(101)60(108)44(23)43-21(76(117)130-68)9-34(91)52(100)59(43)107)128-80(121)25-12-37(94)55(103)63(111)64(25)124-38-13-24-46(62(110)56(38)104)45-22(10-35(92)54(102)61(45)109)77(118)129-67-65-40(126-82(70(67)132-79(24)120)134-73(114)18-5-30(87)49(97)31(88)6-18)15-123-74(115)19-7-32(89)50(98)57(105)41(19)42-20(75(116)127-65)8-33(90)51(99)58(42)106/h1-13,39-40,65-70,81-111H,14-15H2/t39-,40+,65+,66-,67+,68+,69-,70+,81-,82-/m0/s1. The average Bonchev–Trinajstić information content (AvgIpc) is 0.816. The summed E-state index contributed by atoms with van der Waals surface area (Å²) in [5.41, 5.74) is -20.9. The lowest BCUT2D eigenvalue weighted by atomic mass is 9.90. The minimum atomic E-state index is -3.03. The van der Waals surface area contributed by atoms with Crippen LogP contribution >= 0.6 is 0 Å². The monoisotopic (exact) mass is 1870 g/mol. The predicted molar refractivity (Wildman–Crippen MR) is 414 cm³/mol. The lowest BCUT2D eigenvalue weighted by Crippen LogP contribution is -2.63. The number of cyclic esters (lactones) is 1. The minimum Gasteiger partial charge on any atom is -0.504 e. The Bertz CT molecular complexity index is 6800. The van der Waals surface area contributed by atoms with Crippen LogP contribution in [0.1, 0.15) is 104 Å². The molecule has 0 unspecified atom stereocenters. The van der Waals surface area contributed by atoms with Gasteiger partial charge < -0.3 is 210 Å². The molecule has 5 aliphatic heterocycles. The molecule has 0 radical (unpaired) electrons. The summed E-state index contributed by atoms with van der Waals surface area (Å²) in [5, 5.41) is 320. The van der Waals surface area contributed by atoms with Gasteiger partial charge in [-0.3, -0.25) is 0 Å². The number of esters is 10. The van der Waals surface area contributed by atoms with Crippen LogP contribution in [-0.2, 0) is 56.8 Å². The van der Waals surface area contributed by atoms with Gasteiger partial charge in [0.2, 0.25) is 70.8 Å². The average molecular weight is 1870 g/mol. The molecular weight excluding hydrogens is 1820 g/mol. The maximum absolute atomic E-state index is 15.8. The fourth-order valence-electron chi connectivity index (χ4n) is 14.5. The number of phenols is 29. The Labute approximate surface area is 735 Å². The van der Waals surface area contributed by atoms with Crippen molar-refractivity contribution in [3.8, 4) is 212 Å². The van der Waals surface area contributed by atoms with Crippen LogP contribution in [0.4, 0.5) is 0 Å². The summed E-state index contributed by atoms with van der Waals surface area (Å²) in [4.78, 5) is 150. The number of hydrogen-bond acceptors (Lipinski definition) is 52. The van der Waals surface area contributed by atoms with Crippen molar-refractivity contribution in [1.29, 1.82) is 0 Å². The number of carbonyl (C=O) groups excluding carboxylic acids is 10. The van der Waals surface area contributed by atoms with Gasteiger partial charge >= 0.3 is 59.7 Å². The van der Waals surface area contributed by atoms with Crippen LogP contribution in [0.25, 0.3) is 33.4 Å². The van der Waals surface area contributed by atoms with Crippen molar-refractivity contribution in [2.45, 2.75) is 61.4 Å². The van der Waals surface area contributed by atoms with E-state index < -0.39 is 402 Å². The van der Waals surface area contributed by atoms with Crippen LogP contribution < -0.4 is 4.74 Å². The molecule has 0 amide bonds. The maximum Gasteiger partial charge on any atom is 0.342 e. The van der Waals surface area contributed by atoms with Crippen LogP contribution in [0.5, 0.6) is 178 Å². The van der Waals surface area contributed by atoms with Gasteiger partial charge in [0, 0.05) is 45.5 Å². The Hall–Kier alpha value is -19.2. The van der Waals surface area contributed by atoms with E-state index in [1.54, 1.807) is 0 Å². The van der Waals surface area contributed by atoms with Crippen molar-refractivity contribution in [3.05, 3.63) is 134 Å². The molecule has 2 fully saturated rings. The van der Waals surface area contributed by atoms with Gasteiger partial charge in [-0.15, -0.1) is 0 Å². The highest BCUT2D eigenvalue weighted by molar-refractivity contribution is 6.12. The molecule has 0 saturated carbocycles. The van der Waals surface area contributed by atoms with Crippen LogP contribution in [0.3, 0.4) is 0 Å². The largest absolute Gasteiger partial charge is 0.504 e. The molecule has 696 valence electrons. The SMILES string of the molecule is O=C(OC[C@@H]1O[C@@H](OC(=O)c2cc(O)c(O)c(O)c2)[C@H]2OC(=O)c3cc(O)c(O)c(O)c3-c3c(cc(O)c(O)c3O)C(=O)O[C@@H]2[C@H]1OC(=O)c1cc(O)c(O)c(O)c1Oc1cc2c(c(O)c1O)-c1c(cc(O)c(O)c1O)C(=O)O[C@H]1[C@@H](OC2=O)[C@H](OC(=O)c2cc(O)c(O)c(O)c2)O[C@@H]2COC(=O)c3cc(O)c(O)c(O)c3-c3c(cc(O)c(O)c3O)C(=O)O[C@@H]12)c1cc(O)c(O)c(O)c1. The number of carbonyl (C=O) groups is 10. The number of fused-ring (bicyclic) bond motifs is 13. The van der Waals surface area contributed by atoms with E-state index in [0.717, 1.165) is 0 Å². The third-order valence-corrected chi connectivity index (χ3v) is 21.0. The molecule has 2 saturated heterocycles.